The lowest BCUT2D eigenvalue weighted by atomic mass is 10.2. The maximum Gasteiger partial charge on any atom is 0.256 e. The molecular formula is C2H5BO2S. The summed E-state index contributed by atoms with van der Waals surface area (Å²) in [5.41, 5.74) is 0. The molecule has 0 aliphatic carbocycles. The van der Waals surface area contributed by atoms with Gasteiger partial charge in [-0.05, 0) is 0 Å². The quantitative estimate of drug-likeness (QED) is 0.347. The van der Waals surface area contributed by atoms with E-state index in [2.05, 4.69) is 4.18 Å². The van der Waals surface area contributed by atoms with Crippen LogP contribution in [0.4, 0.5) is 4.79 Å². The first-order chi connectivity index (χ1) is 2.77. The molecule has 0 bridgehead atoms. The fourth-order valence-corrected chi connectivity index (χ4v) is 0.352. The van der Waals surface area contributed by atoms with E-state index in [4.69, 9.17) is 0 Å². The molecule has 0 fully saturated rings. The number of hydrogen-bond acceptors (Lipinski definition) is 3. The van der Waals surface area contributed by atoms with Gasteiger partial charge in [-0.2, -0.15) is 0 Å². The molecule has 0 aromatic heterocycles. The zero-order valence-corrected chi connectivity index (χ0v) is 4.54. The van der Waals surface area contributed by atoms with Gasteiger partial charge in [0.15, 0.2) is 0 Å². The van der Waals surface area contributed by atoms with Gasteiger partial charge in [0, 0.05) is 6.26 Å². The van der Waals surface area contributed by atoms with E-state index in [1.807, 2.05) is 0 Å². The van der Waals surface area contributed by atoms with Gasteiger partial charge in [0.2, 0.25) is 7.85 Å². The van der Waals surface area contributed by atoms with Crippen LogP contribution in [-0.4, -0.2) is 20.0 Å². The Kier molecular flexibility index (Phi) is 3.03. The number of carbonyl (C=O) groups is 1. The van der Waals surface area contributed by atoms with Gasteiger partial charge in [-0.15, -0.1) is 0 Å². The van der Waals surface area contributed by atoms with Crippen LogP contribution in [0, 0.1) is 0 Å². The number of carbonyl (C=O) groups excluding carboxylic acids is 1. The molecule has 0 rings (SSSR count). The van der Waals surface area contributed by atoms with Crippen molar-refractivity contribution in [2.45, 2.75) is 0 Å². The van der Waals surface area contributed by atoms with Gasteiger partial charge >= 0.3 is 0 Å². The molecule has 0 spiro atoms. The Bertz CT molecular complexity index is 55.5. The zero-order valence-electron chi connectivity index (χ0n) is 3.72. The first-order valence-electron chi connectivity index (χ1n) is 1.48. The lowest BCUT2D eigenvalue weighted by Crippen LogP contribution is -1.90. The van der Waals surface area contributed by atoms with Gasteiger partial charge in [-0.3, -0.25) is 4.79 Å². The molecule has 0 unspecified atom stereocenters. The summed E-state index contributed by atoms with van der Waals surface area (Å²) >= 11 is 1.06. The summed E-state index contributed by atoms with van der Waals surface area (Å²) in [7, 11) is 1.37. The summed E-state index contributed by atoms with van der Waals surface area (Å²) in [6.45, 7) is 0. The van der Waals surface area contributed by atoms with Crippen LogP contribution in [-0.2, 0) is 4.18 Å². The summed E-state index contributed by atoms with van der Waals surface area (Å²) in [5, 5.41) is 0. The summed E-state index contributed by atoms with van der Waals surface area (Å²) in [6, 6.07) is 0. The predicted molar refractivity (Wildman–Crippen MR) is 28.5 cm³/mol. The smallest absolute Gasteiger partial charge is 0.256 e. The summed E-state index contributed by atoms with van der Waals surface area (Å²) in [4.78, 5) is 9.80. The van der Waals surface area contributed by atoms with Gasteiger partial charge in [0.25, 0.3) is 5.87 Å². The van der Waals surface area contributed by atoms with E-state index >= 15 is 0 Å². The fourth-order valence-electron chi connectivity index (χ4n) is 0.117. The van der Waals surface area contributed by atoms with Crippen molar-refractivity contribution in [1.82, 2.24) is 0 Å². The normalized spacial score (nSPS) is 7.50. The Balaban J connectivity index is 2.83. The largest absolute Gasteiger partial charge is 0.402 e. The molecule has 0 N–H and O–H groups in total. The minimum Gasteiger partial charge on any atom is -0.402 e. The highest BCUT2D eigenvalue weighted by Crippen LogP contribution is 1.91. The third-order valence-corrected chi connectivity index (χ3v) is 0.602. The average molecular weight is 104 g/mol. The Morgan fingerprint density at radius 3 is 2.50 bits per heavy atom. The molecule has 0 aromatic rings. The van der Waals surface area contributed by atoms with Crippen molar-refractivity contribution in [3.05, 3.63) is 0 Å². The van der Waals surface area contributed by atoms with Crippen molar-refractivity contribution < 1.29 is 8.98 Å². The summed E-state index contributed by atoms with van der Waals surface area (Å²) < 4.78 is 4.32. The predicted octanol–water partition coefficient (Wildman–Crippen LogP) is 0.0341. The maximum absolute atomic E-state index is 9.80. The topological polar surface area (TPSA) is 26.3 Å². The lowest BCUT2D eigenvalue weighted by Gasteiger charge is -1.87. The van der Waals surface area contributed by atoms with E-state index in [-0.39, 0.29) is 5.87 Å². The number of hydrogen-bond donors (Lipinski definition) is 0. The molecule has 0 amide bonds. The van der Waals surface area contributed by atoms with Gasteiger partial charge in [-0.1, -0.05) is 0 Å². The molecule has 0 atom stereocenters. The second-order valence-electron chi connectivity index (χ2n) is 0.742. The molecule has 0 aliphatic heterocycles. The summed E-state index contributed by atoms with van der Waals surface area (Å²) in [6.07, 6.45) is 1.70. The molecule has 2 nitrogen and oxygen atoms in total. The first-order valence-corrected chi connectivity index (χ1v) is 2.63. The highest BCUT2D eigenvalue weighted by molar-refractivity contribution is 7.94. The van der Waals surface area contributed by atoms with E-state index in [1.54, 1.807) is 6.26 Å². The second-order valence-corrected chi connectivity index (χ2v) is 1.24. The van der Waals surface area contributed by atoms with Crippen LogP contribution in [0.5, 0.6) is 0 Å². The van der Waals surface area contributed by atoms with Gasteiger partial charge in [0.05, 0.1) is 12.0 Å². The minimum absolute atomic E-state index is 0.248. The molecule has 0 saturated heterocycles. The van der Waals surface area contributed by atoms with Crippen LogP contribution >= 0.6 is 12.0 Å². The molecule has 0 heterocycles. The molecule has 6 heavy (non-hydrogen) atoms. The van der Waals surface area contributed by atoms with Crippen molar-refractivity contribution in [3.63, 3.8) is 0 Å². The Morgan fingerprint density at radius 2 is 2.50 bits per heavy atom. The van der Waals surface area contributed by atoms with E-state index in [0.29, 0.717) is 0 Å². The standard InChI is InChI=1S/C2H5BO2S/c1-6-5-2(3)4/h3H2,1H3. The Labute approximate surface area is 41.9 Å². The van der Waals surface area contributed by atoms with Crippen LogP contribution in [0.1, 0.15) is 0 Å². The van der Waals surface area contributed by atoms with Crippen molar-refractivity contribution in [1.29, 1.82) is 0 Å². The third kappa shape index (κ3) is 3.88. The lowest BCUT2D eigenvalue weighted by molar-refractivity contribution is 0.233. The van der Waals surface area contributed by atoms with Crippen molar-refractivity contribution in [2.24, 2.45) is 0 Å². The first kappa shape index (κ1) is 5.88. The van der Waals surface area contributed by atoms with E-state index in [1.165, 1.54) is 7.85 Å². The van der Waals surface area contributed by atoms with Gasteiger partial charge in [0.1, 0.15) is 0 Å². The van der Waals surface area contributed by atoms with Crippen molar-refractivity contribution in [2.75, 3.05) is 6.26 Å². The van der Waals surface area contributed by atoms with Crippen LogP contribution in [0.15, 0.2) is 0 Å². The SMILES string of the molecule is BC(=O)OSC. The van der Waals surface area contributed by atoms with E-state index in [0.717, 1.165) is 12.0 Å². The van der Waals surface area contributed by atoms with E-state index < -0.39 is 0 Å². The van der Waals surface area contributed by atoms with Crippen molar-refractivity contribution >= 4 is 25.8 Å². The zero-order chi connectivity index (χ0) is 4.99. The molecule has 34 valence electrons. The van der Waals surface area contributed by atoms with Crippen molar-refractivity contribution in [3.8, 4) is 0 Å². The molecule has 0 aliphatic rings. The molecule has 0 aromatic carbocycles. The highest BCUT2D eigenvalue weighted by Gasteiger charge is 1.83. The Hall–Kier alpha value is -0.115. The second kappa shape index (κ2) is 3.09. The van der Waals surface area contributed by atoms with Crippen LogP contribution in [0.2, 0.25) is 0 Å². The third-order valence-electron chi connectivity index (χ3n) is 0.201. The molecule has 0 radical (unpaired) electrons. The molecule has 4 heteroatoms. The van der Waals surface area contributed by atoms with Gasteiger partial charge in [-0.25, -0.2) is 0 Å². The summed E-state index contributed by atoms with van der Waals surface area (Å²) in [5.74, 6) is -0.248. The maximum atomic E-state index is 9.80. The molecule has 0 saturated carbocycles. The van der Waals surface area contributed by atoms with Crippen LogP contribution < -0.4 is 0 Å². The van der Waals surface area contributed by atoms with Crippen LogP contribution in [0.25, 0.3) is 0 Å². The fraction of sp³-hybridized carbons (Fsp3) is 0.500. The van der Waals surface area contributed by atoms with Gasteiger partial charge < -0.3 is 4.18 Å². The molecular weight excluding hydrogens is 98.9 g/mol. The van der Waals surface area contributed by atoms with E-state index in [9.17, 15) is 4.79 Å². The number of rotatable bonds is 1. The van der Waals surface area contributed by atoms with Crippen LogP contribution in [0.3, 0.4) is 0 Å². The minimum atomic E-state index is -0.248. The highest BCUT2D eigenvalue weighted by atomic mass is 32.2. The Morgan fingerprint density at radius 1 is 2.00 bits per heavy atom. The average Bonchev–Trinajstić information content (AvgIpc) is 1.35. The monoisotopic (exact) mass is 104 g/mol.